The molecule has 2 aromatic rings. The van der Waals surface area contributed by atoms with Crippen molar-refractivity contribution >= 4 is 0 Å². The summed E-state index contributed by atoms with van der Waals surface area (Å²) in [6, 6.07) is 16.0. The fourth-order valence-electron chi connectivity index (χ4n) is 2.18. The summed E-state index contributed by atoms with van der Waals surface area (Å²) in [6.45, 7) is 8.07. The van der Waals surface area contributed by atoms with Crippen LogP contribution in [0.15, 0.2) is 48.5 Å². The Bertz CT molecular complexity index is 648. The lowest BCUT2D eigenvalue weighted by Gasteiger charge is -2.15. The molecule has 0 aliphatic heterocycles. The van der Waals surface area contributed by atoms with E-state index in [0.717, 1.165) is 22.6 Å². The van der Waals surface area contributed by atoms with Gasteiger partial charge in [-0.1, -0.05) is 30.0 Å². The van der Waals surface area contributed by atoms with Crippen LogP contribution in [0.1, 0.15) is 38.8 Å². The van der Waals surface area contributed by atoms with Crippen molar-refractivity contribution in [2.45, 2.75) is 46.3 Å². The second-order valence-corrected chi connectivity index (χ2v) is 5.99. The summed E-state index contributed by atoms with van der Waals surface area (Å²) in [6.07, 6.45) is 0.929. The third-order valence-corrected chi connectivity index (χ3v) is 2.98. The Kier molecular flexibility index (Phi) is 6.11. The molecule has 0 aliphatic rings. The van der Waals surface area contributed by atoms with Crippen molar-refractivity contribution < 1.29 is 9.47 Å². The van der Waals surface area contributed by atoms with E-state index in [9.17, 15) is 0 Å². The summed E-state index contributed by atoms with van der Waals surface area (Å²) in [5.41, 5.74) is 2.13. The van der Waals surface area contributed by atoms with E-state index in [1.54, 1.807) is 0 Å². The second-order valence-electron chi connectivity index (χ2n) is 5.99. The molecule has 2 rings (SSSR count). The van der Waals surface area contributed by atoms with Gasteiger partial charge in [-0.05, 0) is 57.5 Å². The molecule has 23 heavy (non-hydrogen) atoms. The van der Waals surface area contributed by atoms with Gasteiger partial charge in [0.15, 0.2) is 0 Å². The molecule has 0 radical (unpaired) electrons. The Morgan fingerprint density at radius 1 is 0.826 bits per heavy atom. The third-order valence-electron chi connectivity index (χ3n) is 2.98. The molecule has 0 heterocycles. The monoisotopic (exact) mass is 308 g/mol. The van der Waals surface area contributed by atoms with E-state index in [2.05, 4.69) is 11.8 Å². The van der Waals surface area contributed by atoms with Crippen LogP contribution in [0, 0.1) is 11.8 Å². The molecule has 2 aromatic carbocycles. The van der Waals surface area contributed by atoms with E-state index >= 15 is 0 Å². The first kappa shape index (κ1) is 17.0. The van der Waals surface area contributed by atoms with Crippen LogP contribution in [0.2, 0.25) is 0 Å². The summed E-state index contributed by atoms with van der Waals surface area (Å²) in [5.74, 6) is 8.06. The minimum absolute atomic E-state index is 0.132. The second kappa shape index (κ2) is 8.29. The van der Waals surface area contributed by atoms with Crippen molar-refractivity contribution in [3.63, 3.8) is 0 Å². The lowest BCUT2D eigenvalue weighted by Crippen LogP contribution is -2.08. The summed E-state index contributed by atoms with van der Waals surface area (Å²) < 4.78 is 11.6. The van der Waals surface area contributed by atoms with Gasteiger partial charge in [0, 0.05) is 18.1 Å². The molecule has 0 aromatic heterocycles. The number of hydrogen-bond acceptors (Lipinski definition) is 2. The van der Waals surface area contributed by atoms with Gasteiger partial charge < -0.3 is 9.47 Å². The maximum absolute atomic E-state index is 5.81. The highest BCUT2D eigenvalue weighted by atomic mass is 16.5. The van der Waals surface area contributed by atoms with Crippen LogP contribution in [-0.4, -0.2) is 12.2 Å². The van der Waals surface area contributed by atoms with Gasteiger partial charge in [0.2, 0.25) is 0 Å². The van der Waals surface area contributed by atoms with Gasteiger partial charge in [0.1, 0.15) is 11.5 Å². The normalized spacial score (nSPS) is 10.3. The van der Waals surface area contributed by atoms with Crippen LogP contribution < -0.4 is 9.47 Å². The van der Waals surface area contributed by atoms with Gasteiger partial charge in [0.05, 0.1) is 12.2 Å². The molecule has 2 nitrogen and oxygen atoms in total. The predicted molar refractivity (Wildman–Crippen MR) is 95.0 cm³/mol. The van der Waals surface area contributed by atoms with Gasteiger partial charge >= 0.3 is 0 Å². The summed E-state index contributed by atoms with van der Waals surface area (Å²) in [4.78, 5) is 0. The first-order valence-electron chi connectivity index (χ1n) is 8.04. The highest BCUT2D eigenvalue weighted by molar-refractivity contribution is 5.41. The molecule has 0 bridgehead atoms. The van der Waals surface area contributed by atoms with E-state index in [1.165, 1.54) is 0 Å². The van der Waals surface area contributed by atoms with Crippen molar-refractivity contribution in [1.29, 1.82) is 0 Å². The van der Waals surface area contributed by atoms with E-state index < -0.39 is 0 Å². The summed E-state index contributed by atoms with van der Waals surface area (Å²) in [5, 5.41) is 0. The molecule has 0 saturated heterocycles. The van der Waals surface area contributed by atoms with Crippen LogP contribution in [0.25, 0.3) is 0 Å². The average molecular weight is 308 g/mol. The van der Waals surface area contributed by atoms with Gasteiger partial charge in [0.25, 0.3) is 0 Å². The summed E-state index contributed by atoms with van der Waals surface area (Å²) >= 11 is 0. The highest BCUT2D eigenvalue weighted by Crippen LogP contribution is 2.25. The number of rotatable bonds is 5. The van der Waals surface area contributed by atoms with Crippen molar-refractivity contribution in [3.05, 3.63) is 59.7 Å². The zero-order chi connectivity index (χ0) is 16.7. The van der Waals surface area contributed by atoms with Gasteiger partial charge in [-0.15, -0.1) is 0 Å². The Balaban J connectivity index is 2.17. The molecule has 0 unspecified atom stereocenters. The molecule has 120 valence electrons. The molecule has 0 N–H and O–H groups in total. The first-order valence-corrected chi connectivity index (χ1v) is 8.04. The van der Waals surface area contributed by atoms with E-state index in [1.807, 2.05) is 76.2 Å². The minimum Gasteiger partial charge on any atom is -0.491 e. The van der Waals surface area contributed by atoms with Crippen LogP contribution >= 0.6 is 0 Å². The maximum Gasteiger partial charge on any atom is 0.123 e. The molecule has 0 fully saturated rings. The molecule has 2 heteroatoms. The third kappa shape index (κ3) is 6.08. The first-order chi connectivity index (χ1) is 11.0. The molecule has 0 spiro atoms. The number of ether oxygens (including phenoxy) is 2. The van der Waals surface area contributed by atoms with Gasteiger partial charge in [-0.2, -0.15) is 0 Å². The van der Waals surface area contributed by atoms with Crippen molar-refractivity contribution in [2.75, 3.05) is 0 Å². The van der Waals surface area contributed by atoms with Crippen molar-refractivity contribution in [1.82, 2.24) is 0 Å². The zero-order valence-corrected chi connectivity index (χ0v) is 14.3. The molecule has 0 atom stereocenters. The van der Waals surface area contributed by atoms with Crippen LogP contribution in [0.5, 0.6) is 11.5 Å². The maximum atomic E-state index is 5.81. The van der Waals surface area contributed by atoms with E-state index in [0.29, 0.717) is 6.42 Å². The Morgan fingerprint density at radius 3 is 1.91 bits per heavy atom. The molecule has 0 saturated carbocycles. The minimum atomic E-state index is 0.132. The fraction of sp³-hybridized carbons (Fsp3) is 0.333. The topological polar surface area (TPSA) is 18.5 Å². The van der Waals surface area contributed by atoms with Crippen molar-refractivity contribution in [2.24, 2.45) is 0 Å². The number of benzene rings is 2. The SMILES string of the molecule is CC(C)Oc1cc(CC#Cc2ccccc2)cc(OC(C)C)c1. The molecular formula is C21H24O2. The van der Waals surface area contributed by atoms with E-state index in [4.69, 9.17) is 9.47 Å². The Labute approximate surface area is 139 Å². The van der Waals surface area contributed by atoms with Crippen LogP contribution in [0.3, 0.4) is 0 Å². The Hall–Kier alpha value is -2.40. The lowest BCUT2D eigenvalue weighted by molar-refractivity contribution is 0.229. The van der Waals surface area contributed by atoms with Gasteiger partial charge in [-0.25, -0.2) is 0 Å². The molecule has 0 amide bonds. The van der Waals surface area contributed by atoms with Crippen molar-refractivity contribution in [3.8, 4) is 23.3 Å². The smallest absolute Gasteiger partial charge is 0.123 e. The highest BCUT2D eigenvalue weighted by Gasteiger charge is 2.06. The average Bonchev–Trinajstić information content (AvgIpc) is 2.46. The Morgan fingerprint density at radius 2 is 1.39 bits per heavy atom. The van der Waals surface area contributed by atoms with Crippen LogP contribution in [0.4, 0.5) is 0 Å². The predicted octanol–water partition coefficient (Wildman–Crippen LogP) is 4.86. The van der Waals surface area contributed by atoms with E-state index in [-0.39, 0.29) is 12.2 Å². The largest absolute Gasteiger partial charge is 0.491 e. The van der Waals surface area contributed by atoms with Crippen LogP contribution in [-0.2, 0) is 6.42 Å². The molecular weight excluding hydrogens is 284 g/mol. The summed E-state index contributed by atoms with van der Waals surface area (Å²) in [7, 11) is 0. The molecule has 0 aliphatic carbocycles. The lowest BCUT2D eigenvalue weighted by atomic mass is 10.1. The quantitative estimate of drug-likeness (QED) is 0.735. The fourth-order valence-corrected chi connectivity index (χ4v) is 2.18. The zero-order valence-electron chi connectivity index (χ0n) is 14.3. The number of hydrogen-bond donors (Lipinski definition) is 0. The van der Waals surface area contributed by atoms with Gasteiger partial charge in [-0.3, -0.25) is 0 Å². The standard InChI is InChI=1S/C21H24O2/c1-16(2)22-20-13-19(14-21(15-20)23-17(3)4)12-8-11-18-9-6-5-7-10-18/h5-7,9-10,13-17H,12H2,1-4H3.